The number of aromatic nitrogens is 2. The highest BCUT2D eigenvalue weighted by Gasteiger charge is 2.39. The zero-order valence-corrected chi connectivity index (χ0v) is 37.7. The molecule has 3 aliphatic heterocycles. The highest BCUT2D eigenvalue weighted by atomic mass is 16.5. The lowest BCUT2D eigenvalue weighted by atomic mass is 9.95. The highest BCUT2D eigenvalue weighted by molar-refractivity contribution is 6.04. The zero-order valence-electron chi connectivity index (χ0n) is 37.7. The maximum Gasteiger partial charge on any atom is 0.407 e. The summed E-state index contributed by atoms with van der Waals surface area (Å²) < 4.78 is 9.66. The molecule has 0 spiro atoms. The monoisotopic (exact) mass is 885 g/mol. The summed E-state index contributed by atoms with van der Waals surface area (Å²) in [6.07, 6.45) is 6.53. The number of methoxy groups -OCH3 is 2. The normalized spacial score (nSPS) is 17.8. The standard InChI is InChI=1S/C49H59N9O7/c1-6-50-47(61)53-27-32-13-11-31(12-14-32)25-39(55-48(62)64-4)45(59)58-24-8-10-42(58)44-52-29-40(54-44)36-21-19-34(20-22-36)33-15-17-35(18-16-33)37-26-38(51-28-37)41-9-7-23-57(41)46(60)43(30(2)3)56-49(63)65-5/h11-22,28-30,39,41-43H,6-10,23-27H2,1-5H3,(H,52,54)(H,55,62)(H,56,63)(H2,50,53,61)/t39-,41-,42-,43-/m0/s1. The van der Waals surface area contributed by atoms with E-state index in [0.29, 0.717) is 38.4 Å². The molecule has 342 valence electrons. The first-order chi connectivity index (χ1) is 31.5. The van der Waals surface area contributed by atoms with Gasteiger partial charge in [0, 0.05) is 50.9 Å². The predicted octanol–water partition coefficient (Wildman–Crippen LogP) is 6.75. The minimum Gasteiger partial charge on any atom is -0.453 e. The minimum absolute atomic E-state index is 0.0959. The number of benzene rings is 3. The number of alkyl carbamates (subject to hydrolysis) is 2. The van der Waals surface area contributed by atoms with Gasteiger partial charge in [-0.3, -0.25) is 14.6 Å². The van der Waals surface area contributed by atoms with Crippen molar-refractivity contribution < 1.29 is 33.4 Å². The van der Waals surface area contributed by atoms with Gasteiger partial charge >= 0.3 is 18.2 Å². The molecule has 3 aromatic carbocycles. The van der Waals surface area contributed by atoms with Crippen LogP contribution in [0, 0.1) is 5.92 Å². The average molecular weight is 886 g/mol. The molecule has 65 heavy (non-hydrogen) atoms. The lowest BCUT2D eigenvalue weighted by Gasteiger charge is -2.31. The van der Waals surface area contributed by atoms with E-state index in [4.69, 9.17) is 19.5 Å². The number of urea groups is 1. The van der Waals surface area contributed by atoms with Crippen LogP contribution < -0.4 is 21.3 Å². The molecule has 0 radical (unpaired) electrons. The number of hydrogen-bond acceptors (Lipinski definition) is 9. The number of imidazole rings is 1. The van der Waals surface area contributed by atoms with Crippen LogP contribution in [0.5, 0.6) is 0 Å². The van der Waals surface area contributed by atoms with Crippen LogP contribution in [0.4, 0.5) is 14.4 Å². The largest absolute Gasteiger partial charge is 0.453 e. The number of nitrogens with zero attached hydrogens (tertiary/aromatic N) is 4. The van der Waals surface area contributed by atoms with Crippen molar-refractivity contribution >= 4 is 41.3 Å². The molecule has 7 rings (SSSR count). The molecule has 0 saturated carbocycles. The number of aliphatic imine (C=N–C) groups is 1. The fourth-order valence-electron chi connectivity index (χ4n) is 8.80. The number of carbonyl (C=O) groups is 5. The Morgan fingerprint density at radius 3 is 1.95 bits per heavy atom. The lowest BCUT2D eigenvalue weighted by molar-refractivity contribution is -0.135. The lowest BCUT2D eigenvalue weighted by Crippen LogP contribution is -2.53. The molecule has 16 heteroatoms. The number of allylic oxidation sites excluding steroid dienone is 1. The molecule has 0 bridgehead atoms. The van der Waals surface area contributed by atoms with Crippen molar-refractivity contribution in [1.82, 2.24) is 41.0 Å². The SMILES string of the molecule is CCNC(=O)NCc1ccc(C[C@H](NC(=O)OC)C(=O)N2CCC[C@H]2c2ncc(-c3ccc(-c4ccc(C5=CN=C([C@@H]6CCCN6C(=O)[C@@H](NC(=O)OC)C(C)C)C5)cc4)cc3)[nH]2)cc1. The van der Waals surface area contributed by atoms with E-state index in [9.17, 15) is 24.0 Å². The van der Waals surface area contributed by atoms with Gasteiger partial charge in [0.1, 0.15) is 17.9 Å². The van der Waals surface area contributed by atoms with Crippen LogP contribution in [0.15, 0.2) is 90.2 Å². The van der Waals surface area contributed by atoms with Crippen molar-refractivity contribution in [3.63, 3.8) is 0 Å². The first-order valence-corrected chi connectivity index (χ1v) is 22.4. The first-order valence-electron chi connectivity index (χ1n) is 22.4. The molecule has 1 aromatic heterocycles. The summed E-state index contributed by atoms with van der Waals surface area (Å²) in [6.45, 7) is 7.72. The fraction of sp³-hybridized carbons (Fsp3) is 0.408. The van der Waals surface area contributed by atoms with Crippen LogP contribution in [0.2, 0.25) is 0 Å². The fourth-order valence-corrected chi connectivity index (χ4v) is 8.80. The molecule has 0 aliphatic carbocycles. The summed E-state index contributed by atoms with van der Waals surface area (Å²) in [4.78, 5) is 80.6. The summed E-state index contributed by atoms with van der Waals surface area (Å²) in [5.74, 6) is 0.258. The molecule has 5 N–H and O–H groups in total. The van der Waals surface area contributed by atoms with Crippen molar-refractivity contribution in [3.05, 3.63) is 108 Å². The Balaban J connectivity index is 0.957. The van der Waals surface area contributed by atoms with Crippen molar-refractivity contribution in [3.8, 4) is 22.4 Å². The number of amides is 6. The Morgan fingerprint density at radius 1 is 0.738 bits per heavy atom. The molecule has 3 aliphatic rings. The molecule has 16 nitrogen and oxygen atoms in total. The van der Waals surface area contributed by atoms with E-state index in [0.717, 1.165) is 76.0 Å². The van der Waals surface area contributed by atoms with Crippen LogP contribution in [-0.4, -0.2) is 107 Å². The summed E-state index contributed by atoms with van der Waals surface area (Å²) in [6, 6.07) is 22.1. The molecule has 6 amide bonds. The number of nitrogens with one attached hydrogen (secondary N) is 5. The number of H-pyrrole nitrogens is 1. The van der Waals surface area contributed by atoms with Crippen molar-refractivity contribution in [2.24, 2.45) is 10.9 Å². The number of aromatic amines is 1. The second-order valence-electron chi connectivity index (χ2n) is 16.9. The second kappa shape index (κ2) is 21.1. The van der Waals surface area contributed by atoms with E-state index in [-0.39, 0.29) is 42.3 Å². The Hall–Kier alpha value is -6.97. The minimum atomic E-state index is -0.860. The molecule has 2 fully saturated rings. The van der Waals surface area contributed by atoms with Gasteiger partial charge in [-0.1, -0.05) is 86.6 Å². The zero-order chi connectivity index (χ0) is 46.0. The molecular weight excluding hydrogens is 827 g/mol. The summed E-state index contributed by atoms with van der Waals surface area (Å²) >= 11 is 0. The van der Waals surface area contributed by atoms with Crippen LogP contribution in [0.1, 0.15) is 81.4 Å². The predicted molar refractivity (Wildman–Crippen MR) is 247 cm³/mol. The summed E-state index contributed by atoms with van der Waals surface area (Å²) in [5.41, 5.74) is 8.79. The van der Waals surface area contributed by atoms with E-state index in [1.807, 2.05) is 56.1 Å². The quantitative estimate of drug-likeness (QED) is 0.0864. The number of carbonyl (C=O) groups excluding carboxylic acids is 5. The Labute approximate surface area is 379 Å². The van der Waals surface area contributed by atoms with Crippen molar-refractivity contribution in [2.45, 2.75) is 90.0 Å². The van der Waals surface area contributed by atoms with Gasteiger partial charge in [0.2, 0.25) is 11.8 Å². The molecule has 0 unspecified atom stereocenters. The van der Waals surface area contributed by atoms with Gasteiger partial charge in [-0.2, -0.15) is 0 Å². The summed E-state index contributed by atoms with van der Waals surface area (Å²) in [7, 11) is 2.57. The number of ether oxygens (including phenoxy) is 2. The highest BCUT2D eigenvalue weighted by Crippen LogP contribution is 2.34. The molecule has 4 heterocycles. The Bertz CT molecular complexity index is 2390. The van der Waals surface area contributed by atoms with Crippen molar-refractivity contribution in [2.75, 3.05) is 33.9 Å². The smallest absolute Gasteiger partial charge is 0.407 e. The van der Waals surface area contributed by atoms with Gasteiger partial charge in [0.15, 0.2) is 0 Å². The third-order valence-corrected chi connectivity index (χ3v) is 12.3. The van der Waals surface area contributed by atoms with Gasteiger partial charge < -0.3 is 45.5 Å². The van der Waals surface area contributed by atoms with E-state index < -0.39 is 24.3 Å². The topological polar surface area (TPSA) is 199 Å². The van der Waals surface area contributed by atoms with Gasteiger partial charge in [-0.15, -0.1) is 0 Å². The van der Waals surface area contributed by atoms with E-state index >= 15 is 0 Å². The van der Waals surface area contributed by atoms with Gasteiger partial charge in [-0.05, 0) is 77.5 Å². The second-order valence-corrected chi connectivity index (χ2v) is 16.9. The van der Waals surface area contributed by atoms with Crippen LogP contribution in [0.25, 0.3) is 28.0 Å². The number of rotatable bonds is 15. The molecule has 2 saturated heterocycles. The third-order valence-electron chi connectivity index (χ3n) is 12.3. The van der Waals surface area contributed by atoms with Gasteiger partial charge in [0.05, 0.1) is 38.2 Å². The van der Waals surface area contributed by atoms with Crippen LogP contribution in [0.3, 0.4) is 0 Å². The maximum atomic E-state index is 14.1. The Morgan fingerprint density at radius 2 is 1.32 bits per heavy atom. The van der Waals surface area contributed by atoms with Gasteiger partial charge in [-0.25, -0.2) is 19.4 Å². The number of hydrogen-bond donors (Lipinski definition) is 5. The first kappa shape index (κ1) is 46.0. The molecular formula is C49H59N9O7. The van der Waals surface area contributed by atoms with Crippen LogP contribution >= 0.6 is 0 Å². The van der Waals surface area contributed by atoms with Crippen molar-refractivity contribution in [1.29, 1.82) is 0 Å². The molecule has 4 aromatic rings. The van der Waals surface area contributed by atoms with E-state index in [1.165, 1.54) is 14.2 Å². The third kappa shape index (κ3) is 11.0. The van der Waals surface area contributed by atoms with Gasteiger partial charge in [0.25, 0.3) is 0 Å². The van der Waals surface area contributed by atoms with E-state index in [1.54, 1.807) is 11.1 Å². The average Bonchev–Trinajstić information content (AvgIpc) is 4.17. The Kier molecular flexibility index (Phi) is 15.0. The van der Waals surface area contributed by atoms with Crippen LogP contribution in [-0.2, 0) is 32.0 Å². The van der Waals surface area contributed by atoms with E-state index in [2.05, 4.69) is 74.8 Å². The molecule has 4 atom stereocenters. The summed E-state index contributed by atoms with van der Waals surface area (Å²) in [5, 5.41) is 11.0. The maximum absolute atomic E-state index is 14.1. The number of likely N-dealkylation sites (tertiary alicyclic amines) is 2.